The lowest BCUT2D eigenvalue weighted by atomic mass is 9.97. The molecule has 2 aromatic rings. The quantitative estimate of drug-likeness (QED) is 0.675. The first-order chi connectivity index (χ1) is 13.0. The zero-order chi connectivity index (χ0) is 19.3. The Kier molecular flexibility index (Phi) is 7.22. The van der Waals surface area contributed by atoms with Crippen LogP contribution in [0.5, 0.6) is 0 Å². The molecule has 1 fully saturated rings. The Balaban J connectivity index is 1.50. The lowest BCUT2D eigenvalue weighted by Gasteiger charge is -2.32. The zero-order valence-corrected chi connectivity index (χ0v) is 17.8. The Hall–Kier alpha value is -1.05. The SMILES string of the molecule is CSc1ccccc1CN1CCC(CNS(=O)(=O)c2cccc(Cl)c2)CC1. The van der Waals surface area contributed by atoms with Crippen LogP contribution in [0.4, 0.5) is 0 Å². The van der Waals surface area contributed by atoms with Gasteiger partial charge >= 0.3 is 0 Å². The highest BCUT2D eigenvalue weighted by Crippen LogP contribution is 2.24. The number of nitrogens with one attached hydrogen (secondary N) is 1. The van der Waals surface area contributed by atoms with Gasteiger partial charge in [0.2, 0.25) is 10.0 Å². The molecule has 1 aliphatic heterocycles. The third kappa shape index (κ3) is 5.72. The molecule has 0 amide bonds. The Morgan fingerprint density at radius 1 is 1.15 bits per heavy atom. The van der Waals surface area contributed by atoms with Crippen molar-refractivity contribution in [3.05, 3.63) is 59.1 Å². The van der Waals surface area contributed by atoms with Crippen molar-refractivity contribution in [1.29, 1.82) is 0 Å². The first-order valence-corrected chi connectivity index (χ1v) is 12.2. The third-order valence-electron chi connectivity index (χ3n) is 4.96. The van der Waals surface area contributed by atoms with Gasteiger partial charge in [-0.1, -0.05) is 35.9 Å². The van der Waals surface area contributed by atoms with E-state index in [1.54, 1.807) is 30.0 Å². The van der Waals surface area contributed by atoms with Gasteiger partial charge in [0.25, 0.3) is 0 Å². The van der Waals surface area contributed by atoms with Crippen LogP contribution >= 0.6 is 23.4 Å². The van der Waals surface area contributed by atoms with Crippen molar-refractivity contribution in [3.63, 3.8) is 0 Å². The average molecular weight is 425 g/mol. The summed E-state index contributed by atoms with van der Waals surface area (Å²) in [4.78, 5) is 4.01. The largest absolute Gasteiger partial charge is 0.299 e. The predicted octanol–water partition coefficient (Wildman–Crippen LogP) is 4.25. The summed E-state index contributed by atoms with van der Waals surface area (Å²) < 4.78 is 27.6. The van der Waals surface area contributed by atoms with E-state index < -0.39 is 10.0 Å². The minimum atomic E-state index is -3.50. The summed E-state index contributed by atoms with van der Waals surface area (Å²) in [5.74, 6) is 0.367. The second-order valence-corrected chi connectivity index (χ2v) is 9.89. The maximum atomic E-state index is 12.4. The van der Waals surface area contributed by atoms with Crippen LogP contribution in [0.1, 0.15) is 18.4 Å². The van der Waals surface area contributed by atoms with Gasteiger partial charge in [-0.15, -0.1) is 11.8 Å². The molecule has 0 aliphatic carbocycles. The molecule has 1 heterocycles. The molecule has 0 saturated carbocycles. The Morgan fingerprint density at radius 3 is 2.59 bits per heavy atom. The Bertz CT molecular complexity index is 866. The topological polar surface area (TPSA) is 49.4 Å². The third-order valence-corrected chi connectivity index (χ3v) is 7.46. The number of rotatable bonds is 7. The zero-order valence-electron chi connectivity index (χ0n) is 15.4. The number of likely N-dealkylation sites (tertiary alicyclic amines) is 1. The van der Waals surface area contributed by atoms with E-state index in [4.69, 9.17) is 11.6 Å². The summed E-state index contributed by atoms with van der Waals surface area (Å²) in [6.45, 7) is 3.42. The van der Waals surface area contributed by atoms with Crippen molar-refractivity contribution in [1.82, 2.24) is 9.62 Å². The molecule has 0 spiro atoms. The van der Waals surface area contributed by atoms with Gasteiger partial charge in [0, 0.05) is 23.0 Å². The highest BCUT2D eigenvalue weighted by Gasteiger charge is 2.22. The summed E-state index contributed by atoms with van der Waals surface area (Å²) in [6, 6.07) is 14.9. The van der Waals surface area contributed by atoms with Gasteiger partial charge < -0.3 is 0 Å². The molecule has 0 unspecified atom stereocenters. The van der Waals surface area contributed by atoms with Gasteiger partial charge in [-0.25, -0.2) is 13.1 Å². The van der Waals surface area contributed by atoms with Crippen LogP contribution in [-0.2, 0) is 16.6 Å². The van der Waals surface area contributed by atoms with Crippen LogP contribution in [0.3, 0.4) is 0 Å². The van der Waals surface area contributed by atoms with Crippen molar-refractivity contribution in [2.75, 3.05) is 25.9 Å². The monoisotopic (exact) mass is 424 g/mol. The molecule has 7 heteroatoms. The van der Waals surface area contributed by atoms with E-state index >= 15 is 0 Å². The Labute approximate surface area is 171 Å². The molecule has 146 valence electrons. The maximum Gasteiger partial charge on any atom is 0.240 e. The van der Waals surface area contributed by atoms with E-state index in [1.165, 1.54) is 16.5 Å². The molecule has 0 bridgehead atoms. The van der Waals surface area contributed by atoms with Crippen molar-refractivity contribution >= 4 is 33.4 Å². The van der Waals surface area contributed by atoms with Crippen LogP contribution in [0.25, 0.3) is 0 Å². The average Bonchev–Trinajstić information content (AvgIpc) is 2.68. The second kappa shape index (κ2) is 9.43. The fourth-order valence-corrected chi connectivity index (χ4v) is 5.39. The number of benzene rings is 2. The van der Waals surface area contributed by atoms with Gasteiger partial charge in [0.1, 0.15) is 0 Å². The molecule has 0 aromatic heterocycles. The molecule has 4 nitrogen and oxygen atoms in total. The van der Waals surface area contributed by atoms with Gasteiger partial charge in [-0.3, -0.25) is 4.90 Å². The normalized spacial score (nSPS) is 16.5. The highest BCUT2D eigenvalue weighted by atomic mass is 35.5. The summed E-state index contributed by atoms with van der Waals surface area (Å²) in [5.41, 5.74) is 1.37. The fraction of sp³-hybridized carbons (Fsp3) is 0.400. The summed E-state index contributed by atoms with van der Waals surface area (Å²) in [5, 5.41) is 0.428. The van der Waals surface area contributed by atoms with Crippen molar-refractivity contribution in [2.24, 2.45) is 5.92 Å². The molecular formula is C20H25ClN2O2S2. The van der Waals surface area contributed by atoms with Gasteiger partial charge in [0.05, 0.1) is 4.90 Å². The Morgan fingerprint density at radius 2 is 1.89 bits per heavy atom. The van der Waals surface area contributed by atoms with Gasteiger partial charge in [0.15, 0.2) is 0 Å². The van der Waals surface area contributed by atoms with Crippen LogP contribution < -0.4 is 4.72 Å². The minimum Gasteiger partial charge on any atom is -0.299 e. The van der Waals surface area contributed by atoms with Crippen molar-refractivity contribution in [3.8, 4) is 0 Å². The lowest BCUT2D eigenvalue weighted by Crippen LogP contribution is -2.38. The molecular weight excluding hydrogens is 400 g/mol. The van der Waals surface area contributed by atoms with Gasteiger partial charge in [-0.2, -0.15) is 0 Å². The molecule has 1 aliphatic rings. The maximum absolute atomic E-state index is 12.4. The second-order valence-electron chi connectivity index (χ2n) is 6.84. The van der Waals surface area contributed by atoms with E-state index in [1.807, 2.05) is 0 Å². The van der Waals surface area contributed by atoms with Gasteiger partial charge in [-0.05, 0) is 67.9 Å². The summed E-state index contributed by atoms with van der Waals surface area (Å²) in [7, 11) is -3.50. The number of thioether (sulfide) groups is 1. The highest BCUT2D eigenvalue weighted by molar-refractivity contribution is 7.98. The lowest BCUT2D eigenvalue weighted by molar-refractivity contribution is 0.177. The molecule has 27 heavy (non-hydrogen) atoms. The van der Waals surface area contributed by atoms with Crippen molar-refractivity contribution in [2.45, 2.75) is 29.2 Å². The predicted molar refractivity (Wildman–Crippen MR) is 113 cm³/mol. The minimum absolute atomic E-state index is 0.223. The van der Waals surface area contributed by atoms with Crippen molar-refractivity contribution < 1.29 is 8.42 Å². The number of hydrogen-bond donors (Lipinski definition) is 1. The molecule has 2 aromatic carbocycles. The fourth-order valence-electron chi connectivity index (χ4n) is 3.37. The van der Waals surface area contributed by atoms with E-state index in [9.17, 15) is 8.42 Å². The van der Waals surface area contributed by atoms with Crippen LogP contribution in [0, 0.1) is 5.92 Å². The molecule has 0 atom stereocenters. The van der Waals surface area contributed by atoms with Crippen LogP contribution in [0.2, 0.25) is 5.02 Å². The molecule has 1 saturated heterocycles. The van der Waals surface area contributed by atoms with Crippen LogP contribution in [0.15, 0.2) is 58.3 Å². The van der Waals surface area contributed by atoms with E-state index in [2.05, 4.69) is 40.1 Å². The number of nitrogens with zero attached hydrogens (tertiary/aromatic N) is 1. The number of piperidine rings is 1. The standard InChI is InChI=1S/C20H25ClN2O2S2/c1-26-20-8-3-2-5-17(20)15-23-11-9-16(10-12-23)14-22-27(24,25)19-7-4-6-18(21)13-19/h2-8,13,16,22H,9-12,14-15H2,1H3. The first kappa shape index (κ1) is 20.7. The first-order valence-electron chi connectivity index (χ1n) is 9.07. The van der Waals surface area contributed by atoms with E-state index in [0.29, 0.717) is 17.5 Å². The van der Waals surface area contributed by atoms with Crippen LogP contribution in [-0.4, -0.2) is 39.2 Å². The summed E-state index contributed by atoms with van der Waals surface area (Å²) in [6.07, 6.45) is 4.11. The van der Waals surface area contributed by atoms with E-state index in [-0.39, 0.29) is 4.90 Å². The number of sulfonamides is 1. The molecule has 3 rings (SSSR count). The smallest absolute Gasteiger partial charge is 0.240 e. The number of halogens is 1. The van der Waals surface area contributed by atoms with E-state index in [0.717, 1.165) is 32.5 Å². The molecule has 1 N–H and O–H groups in total. The number of hydrogen-bond acceptors (Lipinski definition) is 4. The summed E-state index contributed by atoms with van der Waals surface area (Å²) >= 11 is 7.69. The molecule has 0 radical (unpaired) electrons.